The first-order chi connectivity index (χ1) is 15.1. The van der Waals surface area contributed by atoms with E-state index in [4.69, 9.17) is 16.3 Å². The van der Waals surface area contributed by atoms with E-state index >= 15 is 0 Å². The van der Waals surface area contributed by atoms with Crippen LogP contribution >= 0.6 is 11.6 Å². The van der Waals surface area contributed by atoms with E-state index in [1.807, 2.05) is 13.8 Å². The molecule has 32 heavy (non-hydrogen) atoms. The van der Waals surface area contributed by atoms with E-state index < -0.39 is 34.2 Å². The van der Waals surface area contributed by atoms with Gasteiger partial charge in [-0.1, -0.05) is 17.7 Å². The minimum atomic E-state index is -4.01. The van der Waals surface area contributed by atoms with Gasteiger partial charge in [0.15, 0.2) is 12.4 Å². The monoisotopic (exact) mass is 475 g/mol. The lowest BCUT2D eigenvalue weighted by Crippen LogP contribution is -2.17. The Bertz CT molecular complexity index is 1290. The minimum Gasteiger partial charge on any atom is -0.454 e. The van der Waals surface area contributed by atoms with Gasteiger partial charge >= 0.3 is 5.97 Å². The van der Waals surface area contributed by atoms with E-state index in [-0.39, 0.29) is 21.0 Å². The van der Waals surface area contributed by atoms with Crippen molar-refractivity contribution >= 4 is 39.1 Å². The molecule has 3 rings (SSSR count). The fraction of sp³-hybridized carbons (Fsp3) is 0.130. The molecular weight excluding hydrogens is 457 g/mol. The third kappa shape index (κ3) is 5.52. The van der Waals surface area contributed by atoms with Gasteiger partial charge in [-0.25, -0.2) is 17.6 Å². The van der Waals surface area contributed by atoms with Gasteiger partial charge in [0.1, 0.15) is 5.82 Å². The van der Waals surface area contributed by atoms with Gasteiger partial charge in [-0.15, -0.1) is 0 Å². The molecule has 0 amide bonds. The van der Waals surface area contributed by atoms with E-state index in [0.29, 0.717) is 5.69 Å². The number of hydrogen-bond acceptors (Lipinski definition) is 5. The first-order valence-corrected chi connectivity index (χ1v) is 11.3. The van der Waals surface area contributed by atoms with E-state index in [1.165, 1.54) is 24.3 Å². The fourth-order valence-electron chi connectivity index (χ4n) is 2.77. The average Bonchev–Trinajstić information content (AvgIpc) is 2.75. The number of anilines is 1. The summed E-state index contributed by atoms with van der Waals surface area (Å²) in [6, 6.07) is 13.5. The van der Waals surface area contributed by atoms with Crippen molar-refractivity contribution in [1.29, 1.82) is 0 Å². The van der Waals surface area contributed by atoms with Gasteiger partial charge in [-0.2, -0.15) is 0 Å². The predicted octanol–water partition coefficient (Wildman–Crippen LogP) is 4.94. The Kier molecular flexibility index (Phi) is 6.96. The molecule has 9 heteroatoms. The number of benzene rings is 3. The highest BCUT2D eigenvalue weighted by molar-refractivity contribution is 7.92. The predicted molar refractivity (Wildman–Crippen MR) is 119 cm³/mol. The van der Waals surface area contributed by atoms with Crippen molar-refractivity contribution in [3.05, 3.63) is 93.8 Å². The molecule has 0 spiro atoms. The highest BCUT2D eigenvalue weighted by Crippen LogP contribution is 2.24. The Morgan fingerprint density at radius 3 is 2.31 bits per heavy atom. The number of carbonyl (C=O) groups excluding carboxylic acids is 2. The first-order valence-electron chi connectivity index (χ1n) is 9.42. The Balaban J connectivity index is 1.76. The Hall–Kier alpha value is -3.23. The lowest BCUT2D eigenvalue weighted by Gasteiger charge is -2.12. The molecule has 0 heterocycles. The van der Waals surface area contributed by atoms with Gasteiger partial charge < -0.3 is 4.74 Å². The molecule has 0 saturated heterocycles. The summed E-state index contributed by atoms with van der Waals surface area (Å²) in [5, 5.41) is -0.0330. The van der Waals surface area contributed by atoms with Gasteiger partial charge in [-0.3, -0.25) is 9.52 Å². The van der Waals surface area contributed by atoms with Gasteiger partial charge in [-0.05, 0) is 79.6 Å². The molecule has 1 N–H and O–H groups in total. The summed E-state index contributed by atoms with van der Waals surface area (Å²) in [6.45, 7) is 3.15. The first kappa shape index (κ1) is 23.4. The highest BCUT2D eigenvalue weighted by atomic mass is 35.5. The van der Waals surface area contributed by atoms with Crippen LogP contribution < -0.4 is 4.72 Å². The minimum absolute atomic E-state index is 0.0330. The molecular formula is C23H19ClFNO5S. The van der Waals surface area contributed by atoms with Crippen LogP contribution in [-0.2, 0) is 14.8 Å². The van der Waals surface area contributed by atoms with Crippen LogP contribution in [0.25, 0.3) is 0 Å². The Morgan fingerprint density at radius 1 is 0.969 bits per heavy atom. The molecule has 0 bridgehead atoms. The molecule has 3 aromatic rings. The molecule has 0 aliphatic carbocycles. The topological polar surface area (TPSA) is 89.5 Å². The van der Waals surface area contributed by atoms with Crippen molar-refractivity contribution in [2.45, 2.75) is 18.7 Å². The number of esters is 1. The molecule has 0 unspecified atom stereocenters. The summed E-state index contributed by atoms with van der Waals surface area (Å²) in [4.78, 5) is 24.4. The van der Waals surface area contributed by atoms with Gasteiger partial charge in [0.05, 0.1) is 15.5 Å². The standard InChI is InChI=1S/C23H19ClFNO5S/c1-14-3-8-18(11-15(14)2)26-32(29,30)19-9-10-21(24)20(12-19)23(28)31-13-22(27)16-4-6-17(25)7-5-16/h3-12,26H,13H2,1-2H3. The zero-order chi connectivity index (χ0) is 23.5. The molecule has 0 fully saturated rings. The summed E-state index contributed by atoms with van der Waals surface area (Å²) in [7, 11) is -4.01. The number of ketones is 1. The molecule has 3 aromatic carbocycles. The summed E-state index contributed by atoms with van der Waals surface area (Å²) >= 11 is 6.05. The summed E-state index contributed by atoms with van der Waals surface area (Å²) in [6.07, 6.45) is 0. The second kappa shape index (κ2) is 9.50. The van der Waals surface area contributed by atoms with Crippen LogP contribution in [0.3, 0.4) is 0 Å². The SMILES string of the molecule is Cc1ccc(NS(=O)(=O)c2ccc(Cl)c(C(=O)OCC(=O)c3ccc(F)cc3)c2)cc1C. The number of halogens is 2. The molecule has 0 aliphatic heterocycles. The van der Waals surface area contributed by atoms with Crippen LogP contribution in [0.15, 0.2) is 65.6 Å². The second-order valence-electron chi connectivity index (χ2n) is 7.05. The third-order valence-electron chi connectivity index (χ3n) is 4.73. The number of Topliss-reactive ketones (excluding diaryl/α,β-unsaturated/α-hetero) is 1. The summed E-state index contributed by atoms with van der Waals surface area (Å²) in [5.41, 5.74) is 2.26. The van der Waals surface area contributed by atoms with Crippen molar-refractivity contribution in [3.63, 3.8) is 0 Å². The molecule has 0 aromatic heterocycles. The van der Waals surface area contributed by atoms with E-state index in [1.54, 1.807) is 18.2 Å². The van der Waals surface area contributed by atoms with Gasteiger partial charge in [0.25, 0.3) is 10.0 Å². The Labute approximate surface area is 190 Å². The summed E-state index contributed by atoms with van der Waals surface area (Å²) < 4.78 is 46.0. The highest BCUT2D eigenvalue weighted by Gasteiger charge is 2.21. The number of hydrogen-bond donors (Lipinski definition) is 1. The molecule has 0 radical (unpaired) electrons. The van der Waals surface area contributed by atoms with Crippen LogP contribution in [0, 0.1) is 19.7 Å². The van der Waals surface area contributed by atoms with Crippen LogP contribution in [0.2, 0.25) is 5.02 Å². The zero-order valence-electron chi connectivity index (χ0n) is 17.2. The number of rotatable bonds is 7. The lowest BCUT2D eigenvalue weighted by atomic mass is 10.1. The van der Waals surface area contributed by atoms with Crippen molar-refractivity contribution in [2.75, 3.05) is 11.3 Å². The van der Waals surface area contributed by atoms with E-state index in [9.17, 15) is 22.4 Å². The fourth-order valence-corrected chi connectivity index (χ4v) is 4.04. The van der Waals surface area contributed by atoms with Gasteiger partial charge in [0, 0.05) is 11.3 Å². The van der Waals surface area contributed by atoms with Crippen molar-refractivity contribution < 1.29 is 27.1 Å². The largest absolute Gasteiger partial charge is 0.454 e. The maximum atomic E-state index is 13.0. The maximum Gasteiger partial charge on any atom is 0.340 e. The number of sulfonamides is 1. The van der Waals surface area contributed by atoms with Crippen molar-refractivity contribution in [2.24, 2.45) is 0 Å². The molecule has 0 saturated carbocycles. The van der Waals surface area contributed by atoms with Gasteiger partial charge in [0.2, 0.25) is 0 Å². The van der Waals surface area contributed by atoms with Crippen molar-refractivity contribution in [1.82, 2.24) is 0 Å². The quantitative estimate of drug-likeness (QED) is 0.386. The van der Waals surface area contributed by atoms with Crippen LogP contribution in [0.4, 0.5) is 10.1 Å². The number of ether oxygens (including phenoxy) is 1. The molecule has 166 valence electrons. The Morgan fingerprint density at radius 2 is 1.66 bits per heavy atom. The van der Waals surface area contributed by atoms with E-state index in [0.717, 1.165) is 29.3 Å². The molecule has 0 aliphatic rings. The van der Waals surface area contributed by atoms with Crippen molar-refractivity contribution in [3.8, 4) is 0 Å². The maximum absolute atomic E-state index is 13.0. The van der Waals surface area contributed by atoms with Crippen LogP contribution in [0.5, 0.6) is 0 Å². The van der Waals surface area contributed by atoms with Crippen LogP contribution in [-0.4, -0.2) is 26.8 Å². The molecule has 6 nitrogen and oxygen atoms in total. The van der Waals surface area contributed by atoms with Crippen LogP contribution in [0.1, 0.15) is 31.8 Å². The number of aryl methyl sites for hydroxylation is 2. The smallest absolute Gasteiger partial charge is 0.340 e. The average molecular weight is 476 g/mol. The normalized spacial score (nSPS) is 11.1. The number of nitrogens with one attached hydrogen (secondary N) is 1. The van der Waals surface area contributed by atoms with E-state index in [2.05, 4.69) is 4.72 Å². The molecule has 0 atom stereocenters. The lowest BCUT2D eigenvalue weighted by molar-refractivity contribution is 0.0474. The second-order valence-corrected chi connectivity index (χ2v) is 9.14. The summed E-state index contributed by atoms with van der Waals surface area (Å²) in [5.74, 6) is -2.01. The number of carbonyl (C=O) groups is 2. The third-order valence-corrected chi connectivity index (χ3v) is 6.44. The zero-order valence-corrected chi connectivity index (χ0v) is 18.8.